The van der Waals surface area contributed by atoms with Gasteiger partial charge in [-0.15, -0.1) is 0 Å². The highest BCUT2D eigenvalue weighted by atomic mass is 16.2. The van der Waals surface area contributed by atoms with E-state index in [1.807, 2.05) is 0 Å². The minimum atomic E-state index is -0.00813. The van der Waals surface area contributed by atoms with E-state index in [9.17, 15) is 9.59 Å². The molecule has 0 bridgehead atoms. The Bertz CT molecular complexity index is 456. The third kappa shape index (κ3) is 3.29. The fourth-order valence-electron chi connectivity index (χ4n) is 2.11. The lowest BCUT2D eigenvalue weighted by molar-refractivity contribution is -0.119. The Hall–Kier alpha value is -1.95. The van der Waals surface area contributed by atoms with Gasteiger partial charge in [0.15, 0.2) is 0 Å². The summed E-state index contributed by atoms with van der Waals surface area (Å²) >= 11 is 0. The molecule has 0 unspecified atom stereocenters. The fraction of sp³-hybridized carbons (Fsp3) is 0.462. The van der Waals surface area contributed by atoms with E-state index in [2.05, 4.69) is 4.98 Å². The number of nitrogens with two attached hydrogens (primary N) is 1. The van der Waals surface area contributed by atoms with Gasteiger partial charge in [0, 0.05) is 50.1 Å². The molecular formula is C13H18N4O2. The number of hydrogen-bond donors (Lipinski definition) is 1. The summed E-state index contributed by atoms with van der Waals surface area (Å²) in [5.74, 6) is -0.00813. The second kappa shape index (κ2) is 6.29. The molecule has 0 radical (unpaired) electrons. The third-order valence-corrected chi connectivity index (χ3v) is 3.21. The highest BCUT2D eigenvalue weighted by Gasteiger charge is 2.21. The molecular weight excluding hydrogens is 244 g/mol. The smallest absolute Gasteiger partial charge is 0.254 e. The number of carbonyl (C=O) groups is 2. The Balaban J connectivity index is 2.03. The summed E-state index contributed by atoms with van der Waals surface area (Å²) in [6.45, 7) is 2.85. The molecule has 0 atom stereocenters. The Morgan fingerprint density at radius 3 is 2.74 bits per heavy atom. The summed E-state index contributed by atoms with van der Waals surface area (Å²) in [6.07, 6.45) is 3.13. The summed E-state index contributed by atoms with van der Waals surface area (Å²) in [6, 6.07) is 3.51. The Morgan fingerprint density at radius 1 is 1.37 bits per heavy atom. The number of pyridine rings is 1. The molecule has 102 valence electrons. The first kappa shape index (κ1) is 13.5. The maximum Gasteiger partial charge on any atom is 0.254 e. The summed E-state index contributed by atoms with van der Waals surface area (Å²) < 4.78 is 0. The van der Waals surface area contributed by atoms with Gasteiger partial charge in [-0.2, -0.15) is 0 Å². The van der Waals surface area contributed by atoms with Gasteiger partial charge in [-0.3, -0.25) is 14.6 Å². The molecule has 0 aromatic carbocycles. The van der Waals surface area contributed by atoms with Crippen LogP contribution in [-0.4, -0.2) is 59.8 Å². The number of amides is 2. The lowest BCUT2D eigenvalue weighted by atomic mass is 10.1. The van der Waals surface area contributed by atoms with Crippen molar-refractivity contribution in [2.45, 2.75) is 6.42 Å². The number of aromatic nitrogens is 1. The van der Waals surface area contributed by atoms with Crippen LogP contribution in [0.1, 0.15) is 16.1 Å². The van der Waals surface area contributed by atoms with Gasteiger partial charge in [0.2, 0.25) is 6.41 Å². The van der Waals surface area contributed by atoms with E-state index in [1.165, 1.54) is 0 Å². The van der Waals surface area contributed by atoms with Gasteiger partial charge in [-0.05, 0) is 18.7 Å². The van der Waals surface area contributed by atoms with Gasteiger partial charge in [0.1, 0.15) is 0 Å². The van der Waals surface area contributed by atoms with Crippen molar-refractivity contribution in [3.05, 3.63) is 29.6 Å². The quantitative estimate of drug-likeness (QED) is 0.742. The maximum atomic E-state index is 12.3. The second-order valence-corrected chi connectivity index (χ2v) is 4.51. The monoisotopic (exact) mass is 262 g/mol. The molecule has 1 aliphatic heterocycles. The molecule has 0 aliphatic carbocycles. The van der Waals surface area contributed by atoms with E-state index in [0.717, 1.165) is 12.1 Å². The van der Waals surface area contributed by atoms with Gasteiger partial charge in [0.25, 0.3) is 5.91 Å². The van der Waals surface area contributed by atoms with Crippen LogP contribution in [0.5, 0.6) is 0 Å². The Labute approximate surface area is 112 Å². The number of nitrogens with zero attached hydrogens (tertiary/aromatic N) is 3. The normalized spacial score (nSPS) is 15.4. The molecule has 2 heterocycles. The van der Waals surface area contributed by atoms with E-state index in [4.69, 9.17) is 5.73 Å². The average Bonchev–Trinajstić information content (AvgIpc) is 2.47. The van der Waals surface area contributed by atoms with Crippen LogP contribution >= 0.6 is 0 Å². The fourth-order valence-corrected chi connectivity index (χ4v) is 2.11. The molecule has 0 spiro atoms. The molecule has 2 amide bonds. The topological polar surface area (TPSA) is 79.5 Å². The van der Waals surface area contributed by atoms with Crippen LogP contribution in [0.15, 0.2) is 18.3 Å². The number of carbonyl (C=O) groups excluding carboxylic acids is 2. The van der Waals surface area contributed by atoms with Crippen molar-refractivity contribution < 1.29 is 9.59 Å². The van der Waals surface area contributed by atoms with Crippen LogP contribution in [0.4, 0.5) is 0 Å². The van der Waals surface area contributed by atoms with Crippen molar-refractivity contribution >= 4 is 12.3 Å². The van der Waals surface area contributed by atoms with Gasteiger partial charge in [-0.1, -0.05) is 0 Å². The molecule has 2 N–H and O–H groups in total. The SMILES string of the molecule is NCCc1cc(C(=O)N2CCN(C=O)CC2)ccn1. The zero-order valence-electron chi connectivity index (χ0n) is 10.8. The molecule has 1 fully saturated rings. The first-order chi connectivity index (χ1) is 9.24. The predicted molar refractivity (Wildman–Crippen MR) is 70.5 cm³/mol. The van der Waals surface area contributed by atoms with Gasteiger partial charge >= 0.3 is 0 Å². The first-order valence-corrected chi connectivity index (χ1v) is 6.38. The molecule has 0 saturated carbocycles. The molecule has 2 rings (SSSR count). The summed E-state index contributed by atoms with van der Waals surface area (Å²) in [4.78, 5) is 30.6. The summed E-state index contributed by atoms with van der Waals surface area (Å²) in [7, 11) is 0. The highest BCUT2D eigenvalue weighted by Crippen LogP contribution is 2.09. The zero-order valence-corrected chi connectivity index (χ0v) is 10.8. The van der Waals surface area contributed by atoms with Crippen LogP contribution < -0.4 is 5.73 Å². The largest absolute Gasteiger partial charge is 0.342 e. The minimum Gasteiger partial charge on any atom is -0.342 e. The second-order valence-electron chi connectivity index (χ2n) is 4.51. The van der Waals surface area contributed by atoms with E-state index in [1.54, 1.807) is 28.1 Å². The van der Waals surface area contributed by atoms with Crippen molar-refractivity contribution in [1.29, 1.82) is 0 Å². The van der Waals surface area contributed by atoms with Crippen molar-refractivity contribution in [2.24, 2.45) is 5.73 Å². The molecule has 1 aromatic rings. The predicted octanol–water partition coefficient (Wildman–Crippen LogP) is -0.503. The molecule has 1 aliphatic rings. The third-order valence-electron chi connectivity index (χ3n) is 3.21. The van der Waals surface area contributed by atoms with E-state index < -0.39 is 0 Å². The van der Waals surface area contributed by atoms with Gasteiger partial charge in [0.05, 0.1) is 0 Å². The molecule has 1 saturated heterocycles. The van der Waals surface area contributed by atoms with Crippen molar-refractivity contribution in [3.8, 4) is 0 Å². The lowest BCUT2D eigenvalue weighted by Crippen LogP contribution is -2.48. The lowest BCUT2D eigenvalue weighted by Gasteiger charge is -2.32. The number of hydrogen-bond acceptors (Lipinski definition) is 4. The van der Waals surface area contributed by atoms with Gasteiger partial charge in [-0.25, -0.2) is 0 Å². The number of piperazine rings is 1. The van der Waals surface area contributed by atoms with E-state index in [-0.39, 0.29) is 5.91 Å². The molecule has 1 aromatic heterocycles. The average molecular weight is 262 g/mol. The summed E-state index contributed by atoms with van der Waals surface area (Å²) in [5.41, 5.74) is 6.96. The Kier molecular flexibility index (Phi) is 4.46. The molecule has 6 nitrogen and oxygen atoms in total. The number of rotatable bonds is 4. The van der Waals surface area contributed by atoms with Crippen LogP contribution in [0.2, 0.25) is 0 Å². The molecule has 6 heteroatoms. The minimum absolute atomic E-state index is 0.00813. The van der Waals surface area contributed by atoms with E-state index >= 15 is 0 Å². The maximum absolute atomic E-state index is 12.3. The van der Waals surface area contributed by atoms with Crippen LogP contribution in [0.25, 0.3) is 0 Å². The van der Waals surface area contributed by atoms with E-state index in [0.29, 0.717) is 44.7 Å². The van der Waals surface area contributed by atoms with Crippen LogP contribution in [-0.2, 0) is 11.2 Å². The highest BCUT2D eigenvalue weighted by molar-refractivity contribution is 5.94. The van der Waals surface area contributed by atoms with Gasteiger partial charge < -0.3 is 15.5 Å². The van der Waals surface area contributed by atoms with Crippen LogP contribution in [0.3, 0.4) is 0 Å². The van der Waals surface area contributed by atoms with Crippen molar-refractivity contribution in [2.75, 3.05) is 32.7 Å². The van der Waals surface area contributed by atoms with Crippen LogP contribution in [0, 0.1) is 0 Å². The standard InChI is InChI=1S/C13H18N4O2/c14-3-1-12-9-11(2-4-15-12)13(19)17-7-5-16(10-18)6-8-17/h2,4,9-10H,1,3,5-8,14H2. The first-order valence-electron chi connectivity index (χ1n) is 6.38. The zero-order chi connectivity index (χ0) is 13.7. The summed E-state index contributed by atoms with van der Waals surface area (Å²) in [5, 5.41) is 0. The van der Waals surface area contributed by atoms with Crippen molar-refractivity contribution in [3.63, 3.8) is 0 Å². The van der Waals surface area contributed by atoms with Crippen molar-refractivity contribution in [1.82, 2.24) is 14.8 Å². The molecule has 19 heavy (non-hydrogen) atoms. The Morgan fingerprint density at radius 2 is 2.11 bits per heavy atom.